The van der Waals surface area contributed by atoms with Crippen LogP contribution < -0.4 is 5.32 Å². The molecule has 0 radical (unpaired) electrons. The predicted octanol–water partition coefficient (Wildman–Crippen LogP) is 6.19. The molecule has 0 atom stereocenters. The number of methoxy groups -OCH3 is 1. The van der Waals surface area contributed by atoms with Gasteiger partial charge in [-0.05, 0) is 42.7 Å². The molecule has 1 aromatic heterocycles. The van der Waals surface area contributed by atoms with Crippen molar-refractivity contribution in [2.75, 3.05) is 12.4 Å². The highest BCUT2D eigenvalue weighted by Gasteiger charge is 2.12. The lowest BCUT2D eigenvalue weighted by molar-refractivity contribution is 0.103. The predicted molar refractivity (Wildman–Crippen MR) is 140 cm³/mol. The van der Waals surface area contributed by atoms with Gasteiger partial charge in [-0.25, -0.2) is 9.78 Å². The lowest BCUT2D eigenvalue weighted by Crippen LogP contribution is -2.11. The number of hydrogen-bond acceptors (Lipinski definition) is 6. The van der Waals surface area contributed by atoms with Gasteiger partial charge in [0, 0.05) is 17.2 Å². The molecular weight excluding hydrogens is 458 g/mol. The number of aromatic amines is 1. The first-order valence-corrected chi connectivity index (χ1v) is 11.9. The van der Waals surface area contributed by atoms with Crippen LogP contribution in [0.15, 0.2) is 66.7 Å². The topological polar surface area (TPSA) is 125 Å². The summed E-state index contributed by atoms with van der Waals surface area (Å²) in [6.07, 6.45) is 5.06. The zero-order chi connectivity index (χ0) is 25.9. The molecule has 8 heteroatoms. The van der Waals surface area contributed by atoms with Gasteiger partial charge in [-0.3, -0.25) is 10.1 Å². The average Bonchev–Trinajstić information content (AvgIpc) is 3.29. The summed E-state index contributed by atoms with van der Waals surface area (Å²) in [4.78, 5) is 30.7. The van der Waals surface area contributed by atoms with E-state index < -0.39 is 6.09 Å². The number of ketones is 1. The summed E-state index contributed by atoms with van der Waals surface area (Å²) in [6.45, 7) is 2.18. The molecule has 3 aromatic carbocycles. The SMILES string of the molecule is CCCCCCc1ccc(O)cc1O.COC(=O)Nc1nc2ccc(C(=O)c3ccccc3)cc2[nH]1. The summed E-state index contributed by atoms with van der Waals surface area (Å²) in [5.74, 6) is 0.534. The van der Waals surface area contributed by atoms with Crippen molar-refractivity contribution in [2.24, 2.45) is 0 Å². The van der Waals surface area contributed by atoms with Crippen LogP contribution in [0.3, 0.4) is 0 Å². The minimum Gasteiger partial charge on any atom is -0.508 e. The number of aromatic hydroxyl groups is 2. The van der Waals surface area contributed by atoms with Gasteiger partial charge in [0.05, 0.1) is 18.1 Å². The molecule has 0 unspecified atom stereocenters. The first kappa shape index (κ1) is 26.3. The normalized spacial score (nSPS) is 10.4. The zero-order valence-corrected chi connectivity index (χ0v) is 20.5. The van der Waals surface area contributed by atoms with Gasteiger partial charge in [0.2, 0.25) is 5.95 Å². The number of carbonyl (C=O) groups is 2. The largest absolute Gasteiger partial charge is 0.508 e. The van der Waals surface area contributed by atoms with Crippen LogP contribution in [0.4, 0.5) is 10.7 Å². The second kappa shape index (κ2) is 12.9. The Morgan fingerprint density at radius 3 is 2.42 bits per heavy atom. The lowest BCUT2D eigenvalue weighted by Gasteiger charge is -2.04. The average molecular weight is 490 g/mol. The van der Waals surface area contributed by atoms with Crippen LogP contribution in [0, 0.1) is 0 Å². The molecule has 188 valence electrons. The maximum Gasteiger partial charge on any atom is 0.413 e. The molecule has 0 saturated heterocycles. The highest BCUT2D eigenvalue weighted by molar-refractivity contribution is 6.10. The van der Waals surface area contributed by atoms with Crippen LogP contribution in [0.2, 0.25) is 0 Å². The molecule has 0 fully saturated rings. The zero-order valence-electron chi connectivity index (χ0n) is 20.5. The van der Waals surface area contributed by atoms with E-state index in [9.17, 15) is 14.7 Å². The van der Waals surface area contributed by atoms with Gasteiger partial charge in [0.25, 0.3) is 0 Å². The Labute approximate surface area is 210 Å². The van der Waals surface area contributed by atoms with Crippen molar-refractivity contribution in [3.05, 3.63) is 83.4 Å². The van der Waals surface area contributed by atoms with Crippen molar-refractivity contribution in [1.29, 1.82) is 0 Å². The molecule has 0 saturated carbocycles. The van der Waals surface area contributed by atoms with Gasteiger partial charge in [0.1, 0.15) is 11.5 Å². The van der Waals surface area contributed by atoms with Crippen molar-refractivity contribution < 1.29 is 24.5 Å². The number of phenolic OH excluding ortho intramolecular Hbond substituents is 2. The van der Waals surface area contributed by atoms with E-state index in [1.54, 1.807) is 42.5 Å². The number of fused-ring (bicyclic) bond motifs is 1. The molecule has 4 N–H and O–H groups in total. The fraction of sp³-hybridized carbons (Fsp3) is 0.250. The van der Waals surface area contributed by atoms with Crippen molar-refractivity contribution in [1.82, 2.24) is 9.97 Å². The quantitative estimate of drug-likeness (QED) is 0.173. The smallest absolute Gasteiger partial charge is 0.413 e. The van der Waals surface area contributed by atoms with Gasteiger partial charge < -0.3 is 19.9 Å². The van der Waals surface area contributed by atoms with E-state index in [1.807, 2.05) is 18.2 Å². The van der Waals surface area contributed by atoms with E-state index in [-0.39, 0.29) is 23.2 Å². The minimum atomic E-state index is -0.611. The van der Waals surface area contributed by atoms with E-state index in [0.29, 0.717) is 22.2 Å². The first-order chi connectivity index (χ1) is 17.4. The Balaban J connectivity index is 0.000000223. The minimum absolute atomic E-state index is 0.0698. The van der Waals surface area contributed by atoms with Crippen LogP contribution in [0.5, 0.6) is 11.5 Å². The maximum absolute atomic E-state index is 12.4. The monoisotopic (exact) mass is 489 g/mol. The highest BCUT2D eigenvalue weighted by Crippen LogP contribution is 2.24. The number of rotatable bonds is 8. The van der Waals surface area contributed by atoms with Crippen LogP contribution in [0.1, 0.15) is 54.1 Å². The highest BCUT2D eigenvalue weighted by atomic mass is 16.5. The number of nitrogens with zero attached hydrogens (tertiary/aromatic N) is 1. The van der Waals surface area contributed by atoms with Crippen molar-refractivity contribution in [3.8, 4) is 11.5 Å². The van der Waals surface area contributed by atoms with Crippen LogP contribution in [-0.2, 0) is 11.2 Å². The summed E-state index contributed by atoms with van der Waals surface area (Å²) >= 11 is 0. The summed E-state index contributed by atoms with van der Waals surface area (Å²) in [6, 6.07) is 19.0. The van der Waals surface area contributed by atoms with Gasteiger partial charge in [-0.15, -0.1) is 0 Å². The number of imidazole rings is 1. The fourth-order valence-corrected chi connectivity index (χ4v) is 3.62. The number of benzene rings is 3. The Morgan fingerprint density at radius 2 is 1.72 bits per heavy atom. The molecule has 0 aliphatic heterocycles. The second-order valence-electron chi connectivity index (χ2n) is 8.25. The van der Waals surface area contributed by atoms with Crippen LogP contribution in [0.25, 0.3) is 11.0 Å². The molecular formula is C28H31N3O5. The Morgan fingerprint density at radius 1 is 0.944 bits per heavy atom. The summed E-state index contributed by atoms with van der Waals surface area (Å²) in [7, 11) is 1.27. The lowest BCUT2D eigenvalue weighted by atomic mass is 10.0. The maximum atomic E-state index is 12.4. The summed E-state index contributed by atoms with van der Waals surface area (Å²) in [5, 5.41) is 21.0. The van der Waals surface area contributed by atoms with Gasteiger partial charge >= 0.3 is 6.09 Å². The Kier molecular flexibility index (Phi) is 9.45. The summed E-state index contributed by atoms with van der Waals surface area (Å²) < 4.78 is 4.51. The van der Waals surface area contributed by atoms with Crippen molar-refractivity contribution >= 4 is 28.9 Å². The molecule has 4 aromatic rings. The van der Waals surface area contributed by atoms with E-state index in [2.05, 4.69) is 26.9 Å². The number of H-pyrrole nitrogens is 1. The molecule has 4 rings (SSSR count). The number of amides is 1. The molecule has 0 aliphatic carbocycles. The van der Waals surface area contributed by atoms with Gasteiger partial charge in [0.15, 0.2) is 5.78 Å². The number of aryl methyl sites for hydroxylation is 1. The third kappa shape index (κ3) is 7.33. The van der Waals surface area contributed by atoms with Gasteiger partial charge in [-0.2, -0.15) is 0 Å². The van der Waals surface area contributed by atoms with E-state index in [0.717, 1.165) is 18.4 Å². The number of carbonyl (C=O) groups excluding carboxylic acids is 2. The van der Waals surface area contributed by atoms with E-state index in [4.69, 9.17) is 5.11 Å². The third-order valence-electron chi connectivity index (χ3n) is 5.55. The number of phenols is 2. The van der Waals surface area contributed by atoms with E-state index >= 15 is 0 Å². The number of aromatic nitrogens is 2. The Bertz CT molecular complexity index is 1300. The second-order valence-corrected chi connectivity index (χ2v) is 8.25. The fourth-order valence-electron chi connectivity index (χ4n) is 3.62. The van der Waals surface area contributed by atoms with Crippen LogP contribution in [-0.4, -0.2) is 39.2 Å². The van der Waals surface area contributed by atoms with Gasteiger partial charge in [-0.1, -0.05) is 62.6 Å². The molecule has 36 heavy (non-hydrogen) atoms. The van der Waals surface area contributed by atoms with Crippen molar-refractivity contribution in [2.45, 2.75) is 39.0 Å². The molecule has 0 bridgehead atoms. The standard InChI is InChI=1S/C16H13N3O3.C12H18O2/c1-22-16(21)19-15-17-12-8-7-11(9-13(12)18-15)14(20)10-5-3-2-4-6-10;1-2-3-4-5-6-10-7-8-11(13)9-12(10)14/h2-9H,1H3,(H2,17,18,19,21);7-9,13-14H,2-6H2,1H3. The molecule has 8 nitrogen and oxygen atoms in total. The number of ether oxygens (including phenoxy) is 1. The first-order valence-electron chi connectivity index (χ1n) is 11.9. The van der Waals surface area contributed by atoms with Crippen LogP contribution >= 0.6 is 0 Å². The Hall–Kier alpha value is -4.33. The summed E-state index contributed by atoms with van der Waals surface area (Å²) in [5.41, 5.74) is 3.41. The third-order valence-corrected chi connectivity index (χ3v) is 5.55. The number of nitrogens with one attached hydrogen (secondary N) is 2. The van der Waals surface area contributed by atoms with E-state index in [1.165, 1.54) is 32.4 Å². The molecule has 0 spiro atoms. The molecule has 0 aliphatic rings. The number of unbranched alkanes of at least 4 members (excludes halogenated alkanes) is 3. The number of hydrogen-bond donors (Lipinski definition) is 4. The van der Waals surface area contributed by atoms with Crippen molar-refractivity contribution in [3.63, 3.8) is 0 Å². The molecule has 1 heterocycles. The number of anilines is 1. The molecule has 1 amide bonds.